The van der Waals surface area contributed by atoms with Crippen LogP contribution in [0.25, 0.3) is 0 Å². The van der Waals surface area contributed by atoms with E-state index in [9.17, 15) is 13.2 Å². The second kappa shape index (κ2) is 7.63. The molecule has 5 aliphatic rings. The number of sulfonamides is 1. The zero-order valence-corrected chi connectivity index (χ0v) is 18.9. The lowest BCUT2D eigenvalue weighted by Crippen LogP contribution is -2.51. The van der Waals surface area contributed by atoms with Crippen molar-refractivity contribution in [3.63, 3.8) is 0 Å². The molecule has 4 saturated carbocycles. The van der Waals surface area contributed by atoms with Crippen LogP contribution in [0.1, 0.15) is 68.1 Å². The van der Waals surface area contributed by atoms with Crippen LogP contribution < -0.4 is 0 Å². The standard InChI is InChI=1S/C24H34N2O3S/c1-25(17-24-14-18-10-19(15-24)12-20(11-18)16-24)23(27)21-6-5-7-22(13-21)30(28,29)26-8-3-2-4-9-26/h5-7,13,18-20H,2-4,8-12,14-17H2,1H3. The summed E-state index contributed by atoms with van der Waals surface area (Å²) < 4.78 is 27.6. The number of amides is 1. The molecule has 1 aromatic carbocycles. The molecule has 0 spiro atoms. The molecule has 4 aliphatic carbocycles. The minimum Gasteiger partial charge on any atom is -0.341 e. The number of carbonyl (C=O) groups excluding carboxylic acids is 1. The van der Waals surface area contributed by atoms with Crippen LogP contribution in [0.3, 0.4) is 0 Å². The number of carbonyl (C=O) groups is 1. The van der Waals surface area contributed by atoms with Crippen molar-refractivity contribution in [2.24, 2.45) is 23.2 Å². The summed E-state index contributed by atoms with van der Waals surface area (Å²) in [7, 11) is -1.63. The molecule has 1 amide bonds. The third-order valence-electron chi connectivity index (χ3n) is 8.12. The van der Waals surface area contributed by atoms with Gasteiger partial charge in [-0.05, 0) is 92.7 Å². The molecule has 1 saturated heterocycles. The van der Waals surface area contributed by atoms with E-state index in [1.54, 1.807) is 28.6 Å². The van der Waals surface area contributed by atoms with Crippen molar-refractivity contribution in [2.45, 2.75) is 62.7 Å². The highest BCUT2D eigenvalue weighted by Crippen LogP contribution is 2.60. The number of hydrogen-bond donors (Lipinski definition) is 0. The van der Waals surface area contributed by atoms with Crippen molar-refractivity contribution in [3.8, 4) is 0 Å². The van der Waals surface area contributed by atoms with E-state index in [1.807, 2.05) is 11.9 Å². The Labute approximate surface area is 180 Å². The smallest absolute Gasteiger partial charge is 0.253 e. The van der Waals surface area contributed by atoms with Crippen LogP contribution in [0, 0.1) is 23.2 Å². The average molecular weight is 431 g/mol. The van der Waals surface area contributed by atoms with E-state index in [1.165, 1.54) is 38.5 Å². The van der Waals surface area contributed by atoms with Crippen LogP contribution in [-0.4, -0.2) is 50.2 Å². The highest BCUT2D eigenvalue weighted by Gasteiger charge is 2.51. The van der Waals surface area contributed by atoms with E-state index in [0.29, 0.717) is 18.7 Å². The first-order valence-corrected chi connectivity index (χ1v) is 13.1. The summed E-state index contributed by atoms with van der Waals surface area (Å²) >= 11 is 0. The average Bonchev–Trinajstić information content (AvgIpc) is 2.72. The van der Waals surface area contributed by atoms with Gasteiger partial charge in [0.1, 0.15) is 0 Å². The first-order valence-electron chi connectivity index (χ1n) is 11.7. The number of hydrogen-bond acceptors (Lipinski definition) is 3. The number of rotatable bonds is 5. The van der Waals surface area contributed by atoms with Gasteiger partial charge in [-0.1, -0.05) is 12.5 Å². The van der Waals surface area contributed by atoms with Crippen LogP contribution in [0.15, 0.2) is 29.2 Å². The Balaban J connectivity index is 1.32. The molecule has 4 bridgehead atoms. The maximum atomic E-state index is 13.2. The molecule has 0 aromatic heterocycles. The van der Waals surface area contributed by atoms with Crippen molar-refractivity contribution >= 4 is 15.9 Å². The van der Waals surface area contributed by atoms with Crippen LogP contribution in [0.2, 0.25) is 0 Å². The fraction of sp³-hybridized carbons (Fsp3) is 0.708. The predicted octanol–water partition coefficient (Wildman–Crippen LogP) is 4.15. The minimum atomic E-state index is -3.52. The van der Waals surface area contributed by atoms with E-state index in [4.69, 9.17) is 0 Å². The summed E-state index contributed by atoms with van der Waals surface area (Å²) in [5.74, 6) is 2.52. The van der Waals surface area contributed by atoms with Gasteiger partial charge in [0.2, 0.25) is 10.0 Å². The third kappa shape index (κ3) is 3.70. The molecule has 1 aliphatic heterocycles. The fourth-order valence-corrected chi connectivity index (χ4v) is 8.89. The summed E-state index contributed by atoms with van der Waals surface area (Å²) in [4.78, 5) is 15.4. The molecule has 5 fully saturated rings. The molecule has 5 nitrogen and oxygen atoms in total. The summed E-state index contributed by atoms with van der Waals surface area (Å²) in [6.45, 7) is 1.96. The van der Waals surface area contributed by atoms with E-state index in [0.717, 1.165) is 43.6 Å². The van der Waals surface area contributed by atoms with Crippen LogP contribution in [0.5, 0.6) is 0 Å². The first kappa shape index (κ1) is 20.5. The number of benzene rings is 1. The van der Waals surface area contributed by atoms with Crippen molar-refractivity contribution in [1.29, 1.82) is 0 Å². The van der Waals surface area contributed by atoms with Gasteiger partial charge in [-0.25, -0.2) is 8.42 Å². The van der Waals surface area contributed by atoms with Crippen molar-refractivity contribution in [1.82, 2.24) is 9.21 Å². The van der Waals surface area contributed by atoms with Crippen LogP contribution in [-0.2, 0) is 10.0 Å². The molecule has 0 radical (unpaired) electrons. The van der Waals surface area contributed by atoms with Gasteiger partial charge in [0.15, 0.2) is 0 Å². The molecule has 6 heteroatoms. The zero-order valence-electron chi connectivity index (χ0n) is 18.1. The maximum absolute atomic E-state index is 13.2. The molecule has 0 N–H and O–H groups in total. The summed E-state index contributed by atoms with van der Waals surface area (Å²) in [5.41, 5.74) is 0.775. The fourth-order valence-electron chi connectivity index (χ4n) is 7.32. The lowest BCUT2D eigenvalue weighted by Gasteiger charge is -2.57. The maximum Gasteiger partial charge on any atom is 0.253 e. The number of piperidine rings is 1. The lowest BCUT2D eigenvalue weighted by molar-refractivity contribution is -0.0629. The normalized spacial score (nSPS) is 33.6. The Kier molecular flexibility index (Phi) is 5.21. The van der Waals surface area contributed by atoms with E-state index < -0.39 is 10.0 Å². The Morgan fingerprint density at radius 1 is 1.03 bits per heavy atom. The molecular formula is C24H34N2O3S. The Morgan fingerprint density at radius 2 is 1.63 bits per heavy atom. The van der Waals surface area contributed by atoms with Gasteiger partial charge in [-0.3, -0.25) is 4.79 Å². The van der Waals surface area contributed by atoms with Gasteiger partial charge < -0.3 is 4.90 Å². The van der Waals surface area contributed by atoms with Crippen molar-refractivity contribution in [3.05, 3.63) is 29.8 Å². The largest absolute Gasteiger partial charge is 0.341 e. The van der Waals surface area contributed by atoms with Gasteiger partial charge in [-0.15, -0.1) is 0 Å². The summed E-state index contributed by atoms with van der Waals surface area (Å²) in [5, 5.41) is 0. The summed E-state index contributed by atoms with van der Waals surface area (Å²) in [6, 6.07) is 6.68. The first-order chi connectivity index (χ1) is 14.3. The van der Waals surface area contributed by atoms with Crippen LogP contribution >= 0.6 is 0 Å². The van der Waals surface area contributed by atoms with E-state index in [2.05, 4.69) is 0 Å². The molecule has 1 heterocycles. The van der Waals surface area contributed by atoms with Gasteiger partial charge in [0, 0.05) is 32.2 Å². The quantitative estimate of drug-likeness (QED) is 0.705. The predicted molar refractivity (Wildman–Crippen MR) is 117 cm³/mol. The minimum absolute atomic E-state index is 0.0542. The van der Waals surface area contributed by atoms with Crippen molar-refractivity contribution in [2.75, 3.05) is 26.7 Å². The second-order valence-corrected chi connectivity index (χ2v) is 12.5. The number of nitrogens with zero attached hydrogens (tertiary/aromatic N) is 2. The zero-order chi connectivity index (χ0) is 20.9. The highest BCUT2D eigenvalue weighted by atomic mass is 32.2. The Hall–Kier alpha value is -1.40. The summed E-state index contributed by atoms with van der Waals surface area (Å²) in [6.07, 6.45) is 10.9. The molecule has 6 rings (SSSR count). The van der Waals surface area contributed by atoms with Gasteiger partial charge >= 0.3 is 0 Å². The molecule has 0 atom stereocenters. The topological polar surface area (TPSA) is 57.7 Å². The molecule has 30 heavy (non-hydrogen) atoms. The molecule has 1 aromatic rings. The van der Waals surface area contributed by atoms with Gasteiger partial charge in [0.25, 0.3) is 5.91 Å². The van der Waals surface area contributed by atoms with E-state index >= 15 is 0 Å². The molecule has 164 valence electrons. The van der Waals surface area contributed by atoms with Crippen molar-refractivity contribution < 1.29 is 13.2 Å². The van der Waals surface area contributed by atoms with Crippen LogP contribution in [0.4, 0.5) is 0 Å². The SMILES string of the molecule is CN(CC12CC3CC(CC(C3)C1)C2)C(=O)c1cccc(S(=O)(=O)N2CCCCC2)c1. The van der Waals surface area contributed by atoms with Gasteiger partial charge in [-0.2, -0.15) is 4.31 Å². The third-order valence-corrected chi connectivity index (χ3v) is 10.0. The highest BCUT2D eigenvalue weighted by molar-refractivity contribution is 7.89. The Morgan fingerprint density at radius 3 is 2.23 bits per heavy atom. The van der Waals surface area contributed by atoms with Gasteiger partial charge in [0.05, 0.1) is 4.90 Å². The molecular weight excluding hydrogens is 396 g/mol. The molecule has 0 unspecified atom stereocenters. The second-order valence-electron chi connectivity index (χ2n) is 10.6. The monoisotopic (exact) mass is 430 g/mol. The Bertz CT molecular complexity index is 885. The van der Waals surface area contributed by atoms with E-state index in [-0.39, 0.29) is 16.2 Å². The lowest BCUT2D eigenvalue weighted by atomic mass is 9.49.